The molecule has 0 saturated heterocycles. The summed E-state index contributed by atoms with van der Waals surface area (Å²) < 4.78 is 22.6. The Kier molecular flexibility index (Phi) is 4.03. The van der Waals surface area contributed by atoms with Gasteiger partial charge in [-0.3, -0.25) is 0 Å². The number of hydrogen-bond acceptors (Lipinski definition) is 5. The van der Waals surface area contributed by atoms with Crippen molar-refractivity contribution in [3.05, 3.63) is 11.7 Å². The molecule has 0 bridgehead atoms. The van der Waals surface area contributed by atoms with Crippen LogP contribution in [0.3, 0.4) is 0 Å². The average Bonchev–Trinajstić information content (AvgIpc) is 2.32. The molecule has 0 rings (SSSR count). The largest absolute Gasteiger partial charge is 0.466 e. The van der Waals surface area contributed by atoms with Crippen LogP contribution in [0.15, 0.2) is 11.7 Å². The molecule has 0 aromatic heterocycles. The van der Waals surface area contributed by atoms with Crippen molar-refractivity contribution in [1.82, 2.24) is 5.32 Å². The molecule has 76 valence electrons. The van der Waals surface area contributed by atoms with Gasteiger partial charge in [0.15, 0.2) is 0 Å². The number of methoxy groups -OCH3 is 2. The van der Waals surface area contributed by atoms with E-state index in [-0.39, 0.29) is 12.2 Å². The Bertz CT molecular complexity index is 367. The second kappa shape index (κ2) is 6.54. The Morgan fingerprint density at radius 2 is 2.36 bits per heavy atom. The SMILES string of the molecule is [2H]C#CCN/C(C(=O)OC)=C(/[2H])C(=O)OC. The minimum absolute atomic E-state index is 0.0483. The van der Waals surface area contributed by atoms with Crippen molar-refractivity contribution in [2.45, 2.75) is 0 Å². The standard InChI is InChI=1S/C9H11NO4/c1-4-5-10-7(9(12)14-3)6-8(11)13-2/h1,6,10H,5H2,2-3H3/b7-6-/i1D,6D. The highest BCUT2D eigenvalue weighted by molar-refractivity contribution is 5.95. The minimum Gasteiger partial charge on any atom is -0.466 e. The van der Waals surface area contributed by atoms with E-state index in [0.29, 0.717) is 0 Å². The Hall–Kier alpha value is -1.96. The minimum atomic E-state index is -0.966. The molecular weight excluding hydrogens is 186 g/mol. The monoisotopic (exact) mass is 199 g/mol. The normalized spacial score (nSPS) is 12.1. The van der Waals surface area contributed by atoms with Crippen LogP contribution < -0.4 is 5.32 Å². The fourth-order valence-corrected chi connectivity index (χ4v) is 0.555. The topological polar surface area (TPSA) is 64.6 Å². The number of carbonyl (C=O) groups is 2. The molecule has 5 nitrogen and oxygen atoms in total. The van der Waals surface area contributed by atoms with Crippen LogP contribution >= 0.6 is 0 Å². The molecule has 0 radical (unpaired) electrons. The maximum Gasteiger partial charge on any atom is 0.354 e. The Morgan fingerprint density at radius 3 is 2.86 bits per heavy atom. The Morgan fingerprint density at radius 1 is 1.64 bits per heavy atom. The molecule has 1 N–H and O–H groups in total. The number of hydrogen-bond donors (Lipinski definition) is 1. The quantitative estimate of drug-likeness (QED) is 0.373. The van der Waals surface area contributed by atoms with Gasteiger partial charge in [-0.1, -0.05) is 5.92 Å². The number of terminal acetylenes is 1. The third-order valence-electron chi connectivity index (χ3n) is 1.16. The Balaban J connectivity index is 4.96. The van der Waals surface area contributed by atoms with E-state index in [2.05, 4.69) is 20.7 Å². The van der Waals surface area contributed by atoms with Gasteiger partial charge in [0, 0.05) is 0 Å². The van der Waals surface area contributed by atoms with Crippen molar-refractivity contribution in [1.29, 1.82) is 0 Å². The zero-order valence-electron chi connectivity index (χ0n) is 9.84. The lowest BCUT2D eigenvalue weighted by atomic mass is 10.4. The molecule has 5 heteroatoms. The zero-order valence-corrected chi connectivity index (χ0v) is 7.84. The molecule has 0 aliphatic rings. The van der Waals surface area contributed by atoms with Gasteiger partial charge in [-0.15, -0.1) is 6.40 Å². The second-order valence-electron chi connectivity index (χ2n) is 2.01. The first-order valence-electron chi connectivity index (χ1n) is 4.59. The first-order valence-corrected chi connectivity index (χ1v) is 3.59. The third-order valence-corrected chi connectivity index (χ3v) is 1.16. The first kappa shape index (κ1) is 8.63. The van der Waals surface area contributed by atoms with Crippen LogP contribution in [0, 0.1) is 12.3 Å². The van der Waals surface area contributed by atoms with Crippen LogP contribution in [0.5, 0.6) is 0 Å². The number of esters is 2. The van der Waals surface area contributed by atoms with E-state index in [9.17, 15) is 9.59 Å². The lowest BCUT2D eigenvalue weighted by molar-refractivity contribution is -0.138. The zero-order chi connectivity index (χ0) is 12.6. The van der Waals surface area contributed by atoms with Gasteiger partial charge in [0.1, 0.15) is 7.07 Å². The highest BCUT2D eigenvalue weighted by atomic mass is 16.5. The first-order chi connectivity index (χ1) is 7.58. The van der Waals surface area contributed by atoms with Gasteiger partial charge in [0.05, 0.1) is 28.2 Å². The highest BCUT2D eigenvalue weighted by Crippen LogP contribution is 1.93. The molecule has 0 fully saturated rings. The van der Waals surface area contributed by atoms with Crippen molar-refractivity contribution in [3.8, 4) is 12.3 Å². The summed E-state index contributed by atoms with van der Waals surface area (Å²) in [4.78, 5) is 22.2. The molecule has 0 saturated carbocycles. The van der Waals surface area contributed by atoms with Crippen LogP contribution in [0.25, 0.3) is 0 Å². The van der Waals surface area contributed by atoms with Crippen LogP contribution in [-0.4, -0.2) is 32.7 Å². The number of nitrogens with one attached hydrogen (secondary N) is 1. The van der Waals surface area contributed by atoms with Crippen LogP contribution in [0.2, 0.25) is 0 Å². The molecule has 0 aliphatic heterocycles. The fraction of sp³-hybridized carbons (Fsp3) is 0.333. The van der Waals surface area contributed by atoms with E-state index in [0.717, 1.165) is 14.2 Å². The van der Waals surface area contributed by atoms with Crippen molar-refractivity contribution >= 4 is 11.9 Å². The molecule has 0 aromatic rings. The predicted molar refractivity (Wildman–Crippen MR) is 49.0 cm³/mol. The lowest BCUT2D eigenvalue weighted by Crippen LogP contribution is -2.23. The van der Waals surface area contributed by atoms with E-state index >= 15 is 0 Å². The van der Waals surface area contributed by atoms with E-state index in [1.165, 1.54) is 0 Å². The van der Waals surface area contributed by atoms with Gasteiger partial charge in [-0.2, -0.15) is 0 Å². The van der Waals surface area contributed by atoms with Crippen molar-refractivity contribution in [3.63, 3.8) is 0 Å². The molecule has 0 atom stereocenters. The molecule has 0 unspecified atom stereocenters. The van der Waals surface area contributed by atoms with Gasteiger partial charge in [-0.05, 0) is 0 Å². The average molecular weight is 199 g/mol. The summed E-state index contributed by atoms with van der Waals surface area (Å²) in [5, 5.41) is 2.41. The van der Waals surface area contributed by atoms with E-state index in [1.54, 1.807) is 0 Å². The predicted octanol–water partition coefficient (Wildman–Crippen LogP) is -0.561. The van der Waals surface area contributed by atoms with Gasteiger partial charge >= 0.3 is 11.9 Å². The summed E-state index contributed by atoms with van der Waals surface area (Å²) in [5.74, 6) is 0.459. The fourth-order valence-electron chi connectivity index (χ4n) is 0.555. The molecule has 0 aromatic carbocycles. The van der Waals surface area contributed by atoms with Crippen LogP contribution in [0.1, 0.15) is 2.74 Å². The molecule has 14 heavy (non-hydrogen) atoms. The van der Waals surface area contributed by atoms with Crippen molar-refractivity contribution in [2.75, 3.05) is 20.8 Å². The van der Waals surface area contributed by atoms with Gasteiger partial charge in [0.2, 0.25) is 0 Å². The third kappa shape index (κ3) is 4.16. The maximum atomic E-state index is 11.2. The van der Waals surface area contributed by atoms with Crippen molar-refractivity contribution in [2.24, 2.45) is 0 Å². The summed E-state index contributed by atoms with van der Waals surface area (Å²) in [7, 11) is 2.21. The van der Waals surface area contributed by atoms with Crippen molar-refractivity contribution < 1.29 is 21.8 Å². The van der Waals surface area contributed by atoms with Gasteiger partial charge in [-0.25, -0.2) is 9.59 Å². The number of carbonyl (C=O) groups excluding carboxylic acids is 2. The van der Waals surface area contributed by atoms with Crippen LogP contribution in [0.4, 0.5) is 0 Å². The van der Waals surface area contributed by atoms with E-state index in [4.69, 9.17) is 2.74 Å². The summed E-state index contributed by atoms with van der Waals surface area (Å²) in [6, 6.07) is -0.652. The lowest BCUT2D eigenvalue weighted by Gasteiger charge is -2.05. The molecule has 0 aliphatic carbocycles. The van der Waals surface area contributed by atoms with E-state index in [1.807, 2.05) is 6.40 Å². The summed E-state index contributed by atoms with van der Waals surface area (Å²) in [6.07, 6.45) is 1.85. The summed E-state index contributed by atoms with van der Waals surface area (Å²) >= 11 is 0. The molecular formula is C9H11NO4. The molecule has 0 spiro atoms. The van der Waals surface area contributed by atoms with Gasteiger partial charge in [0.25, 0.3) is 0 Å². The summed E-state index contributed by atoms with van der Waals surface area (Å²) in [5.41, 5.74) is -0.350. The summed E-state index contributed by atoms with van der Waals surface area (Å²) in [6.45, 7) is -0.0483. The Labute approximate surface area is 84.9 Å². The van der Waals surface area contributed by atoms with E-state index < -0.39 is 18.0 Å². The number of ether oxygens (including phenoxy) is 2. The molecule has 0 heterocycles. The molecule has 0 amide bonds. The number of rotatable bonds is 4. The highest BCUT2D eigenvalue weighted by Gasteiger charge is 2.10. The second-order valence-corrected chi connectivity index (χ2v) is 2.01. The maximum absolute atomic E-state index is 11.2. The smallest absolute Gasteiger partial charge is 0.354 e. The van der Waals surface area contributed by atoms with Crippen LogP contribution in [-0.2, 0) is 19.1 Å². The van der Waals surface area contributed by atoms with Gasteiger partial charge < -0.3 is 14.8 Å².